The number of carbonyl (C=O) groups is 1. The van der Waals surface area contributed by atoms with Crippen molar-refractivity contribution in [1.82, 2.24) is 15.1 Å². The zero-order chi connectivity index (χ0) is 19.5. The third-order valence-electron chi connectivity index (χ3n) is 4.31. The van der Waals surface area contributed by atoms with Crippen LogP contribution in [0.3, 0.4) is 0 Å². The van der Waals surface area contributed by atoms with Gasteiger partial charge in [0.25, 0.3) is 5.56 Å². The van der Waals surface area contributed by atoms with E-state index >= 15 is 0 Å². The van der Waals surface area contributed by atoms with Gasteiger partial charge in [0.05, 0.1) is 17.6 Å². The van der Waals surface area contributed by atoms with Crippen LogP contribution in [0.4, 0.5) is 0 Å². The van der Waals surface area contributed by atoms with E-state index in [1.165, 1.54) is 0 Å². The maximum atomic E-state index is 12.4. The molecule has 2 heterocycles. The molecule has 0 fully saturated rings. The maximum Gasteiger partial charge on any atom is 0.275 e. The summed E-state index contributed by atoms with van der Waals surface area (Å²) >= 11 is 0. The lowest BCUT2D eigenvalue weighted by Gasteiger charge is -2.15. The monoisotopic (exact) mass is 381 g/mol. The molecule has 8 nitrogen and oxygen atoms in total. The molecule has 0 saturated carbocycles. The van der Waals surface area contributed by atoms with Gasteiger partial charge in [-0.1, -0.05) is 18.2 Å². The second-order valence-corrected chi connectivity index (χ2v) is 6.49. The lowest BCUT2D eigenvalue weighted by Crippen LogP contribution is -2.40. The first kappa shape index (κ1) is 17.8. The van der Waals surface area contributed by atoms with Crippen LogP contribution in [0.15, 0.2) is 53.5 Å². The number of nitrogens with zero attached hydrogens (tertiary/aromatic N) is 2. The van der Waals surface area contributed by atoms with Crippen molar-refractivity contribution in [3.05, 3.63) is 59.0 Å². The van der Waals surface area contributed by atoms with Crippen LogP contribution in [-0.2, 0) is 11.3 Å². The second kappa shape index (κ2) is 7.59. The van der Waals surface area contributed by atoms with Crippen molar-refractivity contribution in [2.24, 2.45) is 0 Å². The van der Waals surface area contributed by atoms with E-state index in [2.05, 4.69) is 10.4 Å². The highest BCUT2D eigenvalue weighted by Crippen LogP contribution is 2.35. The number of hydrogen-bond acceptors (Lipinski definition) is 6. The smallest absolute Gasteiger partial charge is 0.275 e. The standard InChI is InChI=1S/C20H19N3O5/c1-13(11-26-15-6-7-17-18(8-15)28-12-27-17)22-19(24)10-23-20(25)16-5-3-2-4-14(16)9-21-23/h2-9,13H,10-12H2,1H3,(H,22,24)/t13-/m0/s1. The Hall–Kier alpha value is -3.55. The van der Waals surface area contributed by atoms with Gasteiger partial charge >= 0.3 is 0 Å². The molecule has 1 aromatic heterocycles. The van der Waals surface area contributed by atoms with Crippen molar-refractivity contribution in [3.63, 3.8) is 0 Å². The van der Waals surface area contributed by atoms with E-state index in [-0.39, 0.29) is 37.5 Å². The molecule has 0 saturated heterocycles. The molecule has 28 heavy (non-hydrogen) atoms. The van der Waals surface area contributed by atoms with Crippen LogP contribution in [0.25, 0.3) is 10.8 Å². The van der Waals surface area contributed by atoms with E-state index in [9.17, 15) is 9.59 Å². The lowest BCUT2D eigenvalue weighted by molar-refractivity contribution is -0.122. The average molecular weight is 381 g/mol. The van der Waals surface area contributed by atoms with E-state index in [1.54, 1.807) is 36.5 Å². The molecule has 0 bridgehead atoms. The molecule has 1 aliphatic rings. The summed E-state index contributed by atoms with van der Waals surface area (Å²) in [5.74, 6) is 1.63. The number of carbonyl (C=O) groups excluding carboxylic acids is 1. The third kappa shape index (κ3) is 3.75. The molecule has 144 valence electrons. The van der Waals surface area contributed by atoms with Gasteiger partial charge in [-0.05, 0) is 25.1 Å². The molecule has 0 spiro atoms. The van der Waals surface area contributed by atoms with Crippen LogP contribution >= 0.6 is 0 Å². The molecule has 2 aromatic carbocycles. The number of nitrogens with one attached hydrogen (secondary N) is 1. The molecule has 8 heteroatoms. The molecular weight excluding hydrogens is 362 g/mol. The van der Waals surface area contributed by atoms with Crippen LogP contribution in [0.1, 0.15) is 6.92 Å². The van der Waals surface area contributed by atoms with E-state index in [1.807, 2.05) is 19.1 Å². The van der Waals surface area contributed by atoms with Gasteiger partial charge in [-0.15, -0.1) is 0 Å². The van der Waals surface area contributed by atoms with Gasteiger partial charge in [-0.2, -0.15) is 5.10 Å². The fourth-order valence-electron chi connectivity index (χ4n) is 2.93. The molecule has 0 radical (unpaired) electrons. The summed E-state index contributed by atoms with van der Waals surface area (Å²) in [4.78, 5) is 24.7. The van der Waals surface area contributed by atoms with Crippen molar-refractivity contribution in [2.75, 3.05) is 13.4 Å². The van der Waals surface area contributed by atoms with Gasteiger partial charge in [0, 0.05) is 11.5 Å². The SMILES string of the molecule is C[C@@H](COc1ccc2c(c1)OCO2)NC(=O)Cn1ncc2ccccc2c1=O. The number of benzene rings is 2. The zero-order valence-electron chi connectivity index (χ0n) is 15.3. The average Bonchev–Trinajstić information content (AvgIpc) is 3.16. The molecule has 1 atom stereocenters. The van der Waals surface area contributed by atoms with E-state index in [0.717, 1.165) is 10.1 Å². The summed E-state index contributed by atoms with van der Waals surface area (Å²) in [6.45, 7) is 2.14. The third-order valence-corrected chi connectivity index (χ3v) is 4.31. The lowest BCUT2D eigenvalue weighted by atomic mass is 10.2. The predicted octanol–water partition coefficient (Wildman–Crippen LogP) is 1.71. The number of ether oxygens (including phenoxy) is 3. The summed E-state index contributed by atoms with van der Waals surface area (Å²) in [7, 11) is 0. The Labute approximate surface area is 160 Å². The van der Waals surface area contributed by atoms with Crippen LogP contribution in [-0.4, -0.2) is 35.1 Å². The Balaban J connectivity index is 1.33. The molecule has 0 unspecified atom stereocenters. The quantitative estimate of drug-likeness (QED) is 0.699. The van der Waals surface area contributed by atoms with Gasteiger partial charge in [0.1, 0.15) is 18.9 Å². The number of aromatic nitrogens is 2. The number of fused-ring (bicyclic) bond motifs is 2. The van der Waals surface area contributed by atoms with Crippen LogP contribution in [0.2, 0.25) is 0 Å². The maximum absolute atomic E-state index is 12.4. The van der Waals surface area contributed by atoms with Crippen LogP contribution < -0.4 is 25.1 Å². The van der Waals surface area contributed by atoms with Gasteiger partial charge < -0.3 is 19.5 Å². The normalized spacial score (nSPS) is 13.3. The predicted molar refractivity (Wildman–Crippen MR) is 102 cm³/mol. The van der Waals surface area contributed by atoms with Crippen molar-refractivity contribution in [2.45, 2.75) is 19.5 Å². The minimum absolute atomic E-state index is 0.155. The molecule has 1 aliphatic heterocycles. The van der Waals surface area contributed by atoms with Crippen LogP contribution in [0, 0.1) is 0 Å². The van der Waals surface area contributed by atoms with E-state index in [0.29, 0.717) is 22.6 Å². The summed E-state index contributed by atoms with van der Waals surface area (Å²) < 4.78 is 17.4. The van der Waals surface area contributed by atoms with Crippen LogP contribution in [0.5, 0.6) is 17.2 Å². The minimum Gasteiger partial charge on any atom is -0.491 e. The Morgan fingerprint density at radius 3 is 2.96 bits per heavy atom. The van der Waals surface area contributed by atoms with Gasteiger partial charge in [-0.3, -0.25) is 9.59 Å². The highest BCUT2D eigenvalue weighted by Gasteiger charge is 2.15. The summed E-state index contributed by atoms with van der Waals surface area (Å²) in [5, 5.41) is 8.15. The molecule has 0 aliphatic carbocycles. The van der Waals surface area contributed by atoms with Gasteiger partial charge in [0.15, 0.2) is 11.5 Å². The Morgan fingerprint density at radius 2 is 2.07 bits per heavy atom. The molecule has 1 amide bonds. The first-order valence-electron chi connectivity index (χ1n) is 8.87. The van der Waals surface area contributed by atoms with Gasteiger partial charge in [0.2, 0.25) is 12.7 Å². The zero-order valence-corrected chi connectivity index (χ0v) is 15.3. The van der Waals surface area contributed by atoms with E-state index in [4.69, 9.17) is 14.2 Å². The number of hydrogen-bond donors (Lipinski definition) is 1. The number of rotatable bonds is 6. The summed E-state index contributed by atoms with van der Waals surface area (Å²) in [6, 6.07) is 12.2. The fourth-order valence-corrected chi connectivity index (χ4v) is 2.93. The topological polar surface area (TPSA) is 91.7 Å². The minimum atomic E-state index is -0.313. The molecule has 1 N–H and O–H groups in total. The highest BCUT2D eigenvalue weighted by atomic mass is 16.7. The molecule has 4 rings (SSSR count). The summed E-state index contributed by atoms with van der Waals surface area (Å²) in [5.41, 5.74) is -0.294. The Morgan fingerprint density at radius 1 is 1.25 bits per heavy atom. The second-order valence-electron chi connectivity index (χ2n) is 6.49. The first-order chi connectivity index (χ1) is 13.6. The molecule has 3 aromatic rings. The largest absolute Gasteiger partial charge is 0.491 e. The van der Waals surface area contributed by atoms with Gasteiger partial charge in [-0.25, -0.2) is 4.68 Å². The number of amides is 1. The first-order valence-corrected chi connectivity index (χ1v) is 8.87. The summed E-state index contributed by atoms with van der Waals surface area (Å²) in [6.07, 6.45) is 1.58. The Kier molecular flexibility index (Phi) is 4.84. The van der Waals surface area contributed by atoms with Crippen molar-refractivity contribution in [3.8, 4) is 17.2 Å². The fraction of sp³-hybridized carbons (Fsp3) is 0.250. The van der Waals surface area contributed by atoms with E-state index < -0.39 is 0 Å². The molecular formula is C20H19N3O5. The Bertz CT molecular complexity index is 1080. The van der Waals surface area contributed by atoms with Crippen molar-refractivity contribution < 1.29 is 19.0 Å². The van der Waals surface area contributed by atoms with Crippen molar-refractivity contribution >= 4 is 16.7 Å². The highest BCUT2D eigenvalue weighted by molar-refractivity contribution is 5.81. The van der Waals surface area contributed by atoms with Crippen molar-refractivity contribution in [1.29, 1.82) is 0 Å².